The minimum absolute atomic E-state index is 0.0193. The van der Waals surface area contributed by atoms with Gasteiger partial charge in [0, 0.05) is 144 Å². The highest BCUT2D eigenvalue weighted by Gasteiger charge is 2.53. The molecule has 3 atom stereocenters. The van der Waals surface area contributed by atoms with Crippen LogP contribution in [0.15, 0.2) is 108 Å². The minimum Gasteiger partial charge on any atom is -0.371 e. The zero-order valence-electron chi connectivity index (χ0n) is 51.4. The van der Waals surface area contributed by atoms with E-state index in [-0.39, 0.29) is 34.1 Å². The molecule has 0 radical (unpaired) electrons. The molecule has 27 heteroatoms. The summed E-state index contributed by atoms with van der Waals surface area (Å²) >= 11 is 23.5. The second kappa shape index (κ2) is 24.3. The number of nitrogen functional groups attached to an aromatic ring is 3. The molecule has 93 heavy (non-hydrogen) atoms. The SMILES string of the molecule is CN1CC2(C1)CN(c1nc(N)ncc1Cl)c1cc(C#CC(C)(O)c3nccs3)ccc12.CN1CC2(C1)CN(c1nc(N)ncc1Cl)c1cc(C#C[C@@](C)(O)c3nccs3)ccc12.CN1CC2(C1)CN(c1nc(N)ncc1Cl)c1cc(C#C[C@](C)(O)c3nccs3)ccc12. The molecule has 3 fully saturated rings. The molecule has 0 amide bonds. The van der Waals surface area contributed by atoms with E-state index in [1.54, 1.807) is 39.4 Å². The number of rotatable bonds is 6. The number of thiazole rings is 3. The van der Waals surface area contributed by atoms with E-state index < -0.39 is 16.8 Å². The van der Waals surface area contributed by atoms with Gasteiger partial charge in [0.05, 0.1) is 18.6 Å². The fourth-order valence-electron chi connectivity index (χ4n) is 13.4. The van der Waals surface area contributed by atoms with Gasteiger partial charge in [-0.25, -0.2) is 29.9 Å². The summed E-state index contributed by atoms with van der Waals surface area (Å²) in [7, 11) is 6.34. The van der Waals surface area contributed by atoms with Gasteiger partial charge in [-0.3, -0.25) is 0 Å². The lowest BCUT2D eigenvalue weighted by Crippen LogP contribution is -2.59. The monoisotopic (exact) mass is 1360 g/mol. The summed E-state index contributed by atoms with van der Waals surface area (Å²) < 4.78 is 0. The lowest BCUT2D eigenvalue weighted by Gasteiger charge is -2.46. The van der Waals surface area contributed by atoms with Crippen molar-refractivity contribution >= 4 is 121 Å². The third-order valence-corrected chi connectivity index (χ3v) is 21.0. The molecule has 0 saturated carbocycles. The summed E-state index contributed by atoms with van der Waals surface area (Å²) in [6, 6.07) is 18.5. The summed E-state index contributed by atoms with van der Waals surface area (Å²) in [6.07, 6.45) is 9.59. The fourth-order valence-corrected chi connectivity index (χ4v) is 16.0. The highest BCUT2D eigenvalue weighted by molar-refractivity contribution is 7.10. The van der Waals surface area contributed by atoms with E-state index in [1.165, 1.54) is 69.3 Å². The van der Waals surface area contributed by atoms with Crippen molar-refractivity contribution in [2.45, 2.75) is 53.8 Å². The highest BCUT2D eigenvalue weighted by Crippen LogP contribution is 2.53. The summed E-state index contributed by atoms with van der Waals surface area (Å²) in [5.41, 5.74) is 22.8. The van der Waals surface area contributed by atoms with E-state index in [0.29, 0.717) is 47.5 Å². The largest absolute Gasteiger partial charge is 0.371 e. The van der Waals surface area contributed by atoms with Gasteiger partial charge in [0.25, 0.3) is 0 Å². The highest BCUT2D eigenvalue weighted by atomic mass is 35.5. The Morgan fingerprint density at radius 1 is 0.430 bits per heavy atom. The smallest absolute Gasteiger partial charge is 0.222 e. The van der Waals surface area contributed by atoms with Crippen molar-refractivity contribution in [3.05, 3.63) is 171 Å². The average molecular weight is 1360 g/mol. The van der Waals surface area contributed by atoms with Crippen molar-refractivity contribution in [2.75, 3.05) is 112 Å². The Labute approximate surface area is 564 Å². The number of hydrogen-bond donors (Lipinski definition) is 6. The standard InChI is InChI=1S/3C22H21ClN6OS/c3*1-21(30,19-25-7-8-31-19)6-5-14-3-4-15-17(9-14)29(13-22(15)11-28(2)12-22)18-16(23)10-26-20(24)27-18/h3*3-4,7-10,30H,11-13H2,1-2H3,(H2,24,26,27)/t2*21-;/m10./s1. The normalized spacial score (nSPS) is 18.8. The van der Waals surface area contributed by atoms with E-state index in [1.807, 2.05) is 52.5 Å². The Morgan fingerprint density at radius 2 is 0.699 bits per heavy atom. The van der Waals surface area contributed by atoms with Crippen molar-refractivity contribution in [1.82, 2.24) is 59.6 Å². The maximum absolute atomic E-state index is 10.7. The van der Waals surface area contributed by atoms with Gasteiger partial charge in [-0.05, 0) is 95.0 Å². The van der Waals surface area contributed by atoms with Gasteiger partial charge >= 0.3 is 0 Å². The first-order valence-corrected chi connectivity index (χ1v) is 33.2. The Bertz CT molecular complexity index is 4090. The Hall–Kier alpha value is -8.10. The number of halogens is 3. The average Bonchev–Trinajstić information content (AvgIpc) is 1.58. The van der Waals surface area contributed by atoms with E-state index in [2.05, 4.69) is 149 Å². The zero-order valence-corrected chi connectivity index (χ0v) is 56.1. The van der Waals surface area contributed by atoms with Gasteiger partial charge in [-0.2, -0.15) is 15.0 Å². The molecule has 15 rings (SSSR count). The summed E-state index contributed by atoms with van der Waals surface area (Å²) in [6.45, 7) is 13.0. The number of aliphatic hydroxyl groups is 3. The first-order valence-electron chi connectivity index (χ1n) is 29.4. The van der Waals surface area contributed by atoms with Crippen LogP contribution in [-0.4, -0.2) is 155 Å². The molecule has 21 nitrogen and oxygen atoms in total. The number of likely N-dealkylation sites (N-methyl/N-ethyl adjacent to an activating group) is 3. The second-order valence-corrected chi connectivity index (χ2v) is 28.9. The number of nitrogens with two attached hydrogens (primary N) is 3. The van der Waals surface area contributed by atoms with E-state index in [0.717, 1.165) is 92.7 Å². The number of nitrogens with zero attached hydrogens (tertiary/aromatic N) is 15. The molecule has 12 heterocycles. The number of fused-ring (bicyclic) bond motifs is 6. The molecule has 0 aliphatic carbocycles. The minimum atomic E-state index is -1.31. The van der Waals surface area contributed by atoms with Crippen LogP contribution in [0, 0.1) is 35.5 Å². The quantitative estimate of drug-likeness (QED) is 0.0854. The lowest BCUT2D eigenvalue weighted by molar-refractivity contribution is 0.107. The van der Waals surface area contributed by atoms with Crippen molar-refractivity contribution in [3.8, 4) is 35.5 Å². The summed E-state index contributed by atoms with van der Waals surface area (Å²) in [5, 5.41) is 40.6. The Kier molecular flexibility index (Phi) is 16.7. The van der Waals surface area contributed by atoms with Crippen LogP contribution in [0.2, 0.25) is 15.1 Å². The predicted octanol–water partition coefficient (Wildman–Crippen LogP) is 8.29. The van der Waals surface area contributed by atoms with Gasteiger partial charge in [0.2, 0.25) is 17.8 Å². The molecule has 474 valence electrons. The molecule has 6 aromatic heterocycles. The summed E-state index contributed by atoms with van der Waals surface area (Å²) in [4.78, 5) is 51.0. The third-order valence-electron chi connectivity index (χ3n) is 17.3. The van der Waals surface area contributed by atoms with Gasteiger partial charge in [0.1, 0.15) is 30.1 Å². The molecule has 9 N–H and O–H groups in total. The Balaban J connectivity index is 0.000000127. The molecule has 3 spiro atoms. The zero-order chi connectivity index (χ0) is 65.4. The first kappa shape index (κ1) is 63.6. The number of likely N-dealkylation sites (tertiary alicyclic amines) is 3. The van der Waals surface area contributed by atoms with E-state index in [9.17, 15) is 15.3 Å². The molecule has 1 unspecified atom stereocenters. The fraction of sp³-hybridized carbons (Fsp3) is 0.318. The molecule has 9 aromatic rings. The van der Waals surface area contributed by atoms with Gasteiger partial charge in [-0.15, -0.1) is 34.0 Å². The summed E-state index contributed by atoms with van der Waals surface area (Å²) in [5.74, 6) is 20.5. The first-order chi connectivity index (χ1) is 44.3. The molecular formula is C66H63Cl3N18O3S3. The number of hydrogen-bond acceptors (Lipinski definition) is 24. The van der Waals surface area contributed by atoms with Crippen LogP contribution < -0.4 is 31.9 Å². The van der Waals surface area contributed by atoms with Crippen LogP contribution in [0.1, 0.15) is 69.2 Å². The number of aromatic nitrogens is 9. The maximum Gasteiger partial charge on any atom is 0.222 e. The van der Waals surface area contributed by atoms with Crippen LogP contribution in [0.5, 0.6) is 0 Å². The van der Waals surface area contributed by atoms with Gasteiger partial charge in [-0.1, -0.05) is 88.5 Å². The number of benzene rings is 3. The Morgan fingerprint density at radius 3 is 0.935 bits per heavy atom. The van der Waals surface area contributed by atoms with Gasteiger partial charge in [0.15, 0.2) is 34.3 Å². The van der Waals surface area contributed by atoms with Crippen molar-refractivity contribution < 1.29 is 15.3 Å². The molecule has 3 aromatic carbocycles. The maximum atomic E-state index is 10.7. The molecule has 0 bridgehead atoms. The van der Waals surface area contributed by atoms with Gasteiger partial charge < -0.3 is 61.9 Å². The van der Waals surface area contributed by atoms with Crippen LogP contribution in [0.4, 0.5) is 52.4 Å². The topological polar surface area (TPSA) is 274 Å². The number of anilines is 9. The lowest BCUT2D eigenvalue weighted by atomic mass is 9.75. The van der Waals surface area contributed by atoms with Crippen molar-refractivity contribution in [3.63, 3.8) is 0 Å². The molecule has 3 saturated heterocycles. The molecular weight excluding hydrogens is 1300 g/mol. The predicted molar refractivity (Wildman–Crippen MR) is 368 cm³/mol. The molecule has 6 aliphatic heterocycles. The van der Waals surface area contributed by atoms with E-state index >= 15 is 0 Å². The van der Waals surface area contributed by atoms with E-state index in [4.69, 9.17) is 52.0 Å². The second-order valence-electron chi connectivity index (χ2n) is 25.0. The van der Waals surface area contributed by atoms with Crippen molar-refractivity contribution in [2.24, 2.45) is 0 Å². The molecule has 6 aliphatic rings. The third kappa shape index (κ3) is 12.3. The van der Waals surface area contributed by atoms with Crippen LogP contribution >= 0.6 is 68.8 Å². The van der Waals surface area contributed by atoms with Crippen LogP contribution in [-0.2, 0) is 33.0 Å². The van der Waals surface area contributed by atoms with Crippen LogP contribution in [0.3, 0.4) is 0 Å². The van der Waals surface area contributed by atoms with Crippen molar-refractivity contribution in [1.29, 1.82) is 0 Å². The van der Waals surface area contributed by atoms with Crippen LogP contribution in [0.25, 0.3) is 0 Å².